The first-order chi connectivity index (χ1) is 13.4. The molecule has 2 fully saturated rings. The summed E-state index contributed by atoms with van der Waals surface area (Å²) in [5.74, 6) is 0. The van der Waals surface area contributed by atoms with E-state index in [1.54, 1.807) is 0 Å². The lowest BCUT2D eigenvalue weighted by molar-refractivity contribution is -0.342. The Labute approximate surface area is 160 Å². The molecule has 2 aliphatic heterocycles. The predicted molar refractivity (Wildman–Crippen MR) is 89.5 cm³/mol. The van der Waals surface area contributed by atoms with E-state index in [0.29, 0.717) is 0 Å². The topological polar surface area (TPSA) is 207 Å². The van der Waals surface area contributed by atoms with Gasteiger partial charge < -0.3 is 49.6 Å². The maximum Gasteiger partial charge on any atom is 0.187 e. The fourth-order valence-electron chi connectivity index (χ4n) is 3.03. The molecule has 0 aromatic carbocycles. The van der Waals surface area contributed by atoms with Gasteiger partial charge in [-0.15, -0.1) is 6.58 Å². The van der Waals surface area contributed by atoms with Crippen molar-refractivity contribution >= 4 is 0 Å². The van der Waals surface area contributed by atoms with Crippen molar-refractivity contribution in [1.82, 2.24) is 0 Å². The number of ether oxygens (including phenoxy) is 4. The van der Waals surface area contributed by atoms with Gasteiger partial charge in [-0.1, -0.05) is 11.2 Å². The van der Waals surface area contributed by atoms with Gasteiger partial charge in [0, 0.05) is 4.91 Å². The minimum absolute atomic E-state index is 0.00310. The van der Waals surface area contributed by atoms with Gasteiger partial charge in [0.25, 0.3) is 0 Å². The van der Waals surface area contributed by atoms with Crippen molar-refractivity contribution in [3.05, 3.63) is 23.1 Å². The third-order valence-electron chi connectivity index (χ3n) is 4.52. The van der Waals surface area contributed by atoms with Gasteiger partial charge in [-0.2, -0.15) is 0 Å². The van der Waals surface area contributed by atoms with Gasteiger partial charge in [0.05, 0.1) is 19.8 Å². The smallest absolute Gasteiger partial charge is 0.187 e. The number of hydrogen-bond acceptors (Lipinski definition) is 11. The van der Waals surface area contributed by atoms with E-state index >= 15 is 0 Å². The van der Waals surface area contributed by atoms with E-state index in [0.717, 1.165) is 0 Å². The molecule has 0 radical (unpaired) electrons. The van der Waals surface area contributed by atoms with Gasteiger partial charge in [0.1, 0.15) is 48.8 Å². The molecule has 160 valence electrons. The number of aliphatic hydroxyl groups excluding tert-OH is 6. The summed E-state index contributed by atoms with van der Waals surface area (Å²) in [6, 6.07) is -1.25. The third-order valence-corrected chi connectivity index (χ3v) is 4.52. The van der Waals surface area contributed by atoms with Gasteiger partial charge in [-0.3, -0.25) is 0 Å². The van der Waals surface area contributed by atoms with E-state index in [4.69, 9.17) is 24.5 Å². The Morgan fingerprint density at radius 3 is 2.14 bits per heavy atom. The molecule has 2 aliphatic rings. The van der Waals surface area contributed by atoms with Gasteiger partial charge in [-0.25, -0.2) is 0 Å². The summed E-state index contributed by atoms with van der Waals surface area (Å²) in [7, 11) is 0. The fraction of sp³-hybridized carbons (Fsp3) is 0.867. The van der Waals surface area contributed by atoms with Crippen molar-refractivity contribution in [3.63, 3.8) is 0 Å². The lowest BCUT2D eigenvalue weighted by Crippen LogP contribution is -2.64. The number of aliphatic hydroxyl groups is 6. The Bertz CT molecular complexity index is 560. The van der Waals surface area contributed by atoms with E-state index in [1.165, 1.54) is 6.08 Å². The fourth-order valence-corrected chi connectivity index (χ4v) is 3.03. The van der Waals surface area contributed by atoms with Crippen LogP contribution in [0.5, 0.6) is 0 Å². The van der Waals surface area contributed by atoms with Crippen LogP contribution in [0.25, 0.3) is 10.4 Å². The van der Waals surface area contributed by atoms with E-state index in [1.807, 2.05) is 0 Å². The molecule has 13 nitrogen and oxygen atoms in total. The van der Waals surface area contributed by atoms with Crippen molar-refractivity contribution < 1.29 is 49.6 Å². The third kappa shape index (κ3) is 4.79. The molecule has 2 saturated heterocycles. The Hall–Kier alpha value is -1.35. The molecule has 6 N–H and O–H groups in total. The molecule has 28 heavy (non-hydrogen) atoms. The van der Waals surface area contributed by atoms with Crippen LogP contribution in [0.15, 0.2) is 17.8 Å². The molecule has 0 saturated carbocycles. The first kappa shape index (κ1) is 22.9. The van der Waals surface area contributed by atoms with Crippen molar-refractivity contribution in [3.8, 4) is 0 Å². The highest BCUT2D eigenvalue weighted by Gasteiger charge is 2.51. The normalized spacial score (nSPS) is 43.9. The second-order valence-electron chi connectivity index (χ2n) is 6.33. The molecule has 0 unspecified atom stereocenters. The number of azide groups is 1. The van der Waals surface area contributed by atoms with Crippen LogP contribution >= 0.6 is 0 Å². The largest absolute Gasteiger partial charge is 0.394 e. The lowest BCUT2D eigenvalue weighted by atomic mass is 9.96. The highest BCUT2D eigenvalue weighted by Crippen LogP contribution is 2.31. The summed E-state index contributed by atoms with van der Waals surface area (Å²) < 4.78 is 21.6. The average molecular weight is 407 g/mol. The average Bonchev–Trinajstić information content (AvgIpc) is 2.70. The molecule has 0 aromatic rings. The summed E-state index contributed by atoms with van der Waals surface area (Å²) in [6.45, 7) is 2.19. The van der Waals surface area contributed by atoms with Crippen molar-refractivity contribution in [1.29, 1.82) is 0 Å². The molecule has 0 amide bonds. The molecule has 13 heteroatoms. The SMILES string of the molecule is C=CCO[C@@H]1O[C@H](CO)[C@H](O)[C@H](O[C@@H]2O[C@H](CO)[C@H](O)[C@H](O)[C@H]2O)[C@H]1N=[N+]=[N-]. The standard InChI is InChI=1S/C15H25N3O10/c1-2-3-25-14-8(17-18-16)13(10(22)7(5-20)26-14)28-15-12(24)11(23)9(21)6(4-19)27-15/h2,6-15,19-24H,1,3-5H2/t6-,7-,8-,9+,10+,11+,12-,13-,14-,15+/m1/s1. The second-order valence-corrected chi connectivity index (χ2v) is 6.33. The minimum Gasteiger partial charge on any atom is -0.394 e. The summed E-state index contributed by atoms with van der Waals surface area (Å²) in [5, 5.41) is 62.5. The van der Waals surface area contributed by atoms with Crippen LogP contribution in [0.3, 0.4) is 0 Å². The Morgan fingerprint density at radius 1 is 0.964 bits per heavy atom. The van der Waals surface area contributed by atoms with Gasteiger partial charge in [0.15, 0.2) is 12.6 Å². The van der Waals surface area contributed by atoms with Crippen molar-refractivity contribution in [2.45, 2.75) is 61.3 Å². The van der Waals surface area contributed by atoms with Crippen LogP contribution in [-0.4, -0.2) is 112 Å². The summed E-state index contributed by atoms with van der Waals surface area (Å²) in [4.78, 5) is 2.68. The predicted octanol–water partition coefficient (Wildman–Crippen LogP) is -2.87. The maximum absolute atomic E-state index is 10.5. The highest BCUT2D eigenvalue weighted by molar-refractivity contribution is 4.97. The first-order valence-corrected chi connectivity index (χ1v) is 8.56. The minimum atomic E-state index is -1.74. The van der Waals surface area contributed by atoms with Crippen LogP contribution in [0.2, 0.25) is 0 Å². The summed E-state index contributed by atoms with van der Waals surface area (Å²) >= 11 is 0. The second kappa shape index (κ2) is 10.4. The molecule has 0 aromatic heterocycles. The quantitative estimate of drug-likeness (QED) is 0.105. The summed E-state index contributed by atoms with van der Waals surface area (Å²) in [5.41, 5.74) is 8.86. The van der Waals surface area contributed by atoms with Gasteiger partial charge in [0.2, 0.25) is 0 Å². The molecule has 2 heterocycles. The van der Waals surface area contributed by atoms with Crippen molar-refractivity contribution in [2.24, 2.45) is 5.11 Å². The van der Waals surface area contributed by atoms with E-state index in [-0.39, 0.29) is 6.61 Å². The molecule has 2 rings (SSSR count). The van der Waals surface area contributed by atoms with Crippen LogP contribution < -0.4 is 0 Å². The Morgan fingerprint density at radius 2 is 1.57 bits per heavy atom. The van der Waals surface area contributed by atoms with Crippen LogP contribution in [0, 0.1) is 0 Å². The molecular weight excluding hydrogens is 382 g/mol. The Balaban J connectivity index is 2.26. The zero-order valence-corrected chi connectivity index (χ0v) is 14.8. The number of hydrogen-bond donors (Lipinski definition) is 6. The number of rotatable bonds is 8. The molecule has 10 atom stereocenters. The summed E-state index contributed by atoms with van der Waals surface area (Å²) in [6.07, 6.45) is -11.7. The zero-order valence-electron chi connectivity index (χ0n) is 14.8. The van der Waals surface area contributed by atoms with Crippen LogP contribution in [0.4, 0.5) is 0 Å². The first-order valence-electron chi connectivity index (χ1n) is 8.56. The van der Waals surface area contributed by atoms with Crippen molar-refractivity contribution in [2.75, 3.05) is 19.8 Å². The monoisotopic (exact) mass is 407 g/mol. The van der Waals surface area contributed by atoms with E-state index < -0.39 is 74.6 Å². The van der Waals surface area contributed by atoms with Crippen LogP contribution in [-0.2, 0) is 18.9 Å². The number of nitrogens with zero attached hydrogens (tertiary/aromatic N) is 3. The maximum atomic E-state index is 10.5. The van der Waals surface area contributed by atoms with Gasteiger partial charge >= 0.3 is 0 Å². The molecule has 0 aliphatic carbocycles. The van der Waals surface area contributed by atoms with Crippen LogP contribution in [0.1, 0.15) is 0 Å². The van der Waals surface area contributed by atoms with Gasteiger partial charge in [-0.05, 0) is 5.53 Å². The van der Waals surface area contributed by atoms with E-state index in [2.05, 4.69) is 16.6 Å². The Kier molecular flexibility index (Phi) is 8.55. The zero-order chi connectivity index (χ0) is 20.8. The molecule has 0 spiro atoms. The molecular formula is C15H25N3O10. The highest BCUT2D eigenvalue weighted by atomic mass is 16.7. The lowest BCUT2D eigenvalue weighted by Gasteiger charge is -2.46. The molecule has 0 bridgehead atoms. The van der Waals surface area contributed by atoms with E-state index in [9.17, 15) is 30.6 Å².